The van der Waals surface area contributed by atoms with E-state index in [1.165, 1.54) is 16.0 Å². The van der Waals surface area contributed by atoms with Crippen LogP contribution >= 0.6 is 11.8 Å². The third-order valence-corrected chi connectivity index (χ3v) is 4.78. The molecule has 0 spiro atoms. The van der Waals surface area contributed by atoms with Gasteiger partial charge in [0.05, 0.1) is 0 Å². The van der Waals surface area contributed by atoms with E-state index in [1.54, 1.807) is 11.8 Å². The summed E-state index contributed by atoms with van der Waals surface area (Å²) in [5.41, 5.74) is 10.6. The number of nitrogens with zero attached hydrogens (tertiary/aromatic N) is 2. The highest BCUT2D eigenvalue weighted by Gasteiger charge is 2.11. The van der Waals surface area contributed by atoms with Crippen LogP contribution in [0.25, 0.3) is 0 Å². The number of benzene rings is 1. The predicted molar refractivity (Wildman–Crippen MR) is 88.8 cm³/mol. The van der Waals surface area contributed by atoms with E-state index in [9.17, 15) is 0 Å². The predicted octanol–water partition coefficient (Wildman–Crippen LogP) is 3.83. The van der Waals surface area contributed by atoms with E-state index in [-0.39, 0.29) is 6.04 Å². The van der Waals surface area contributed by atoms with Crippen molar-refractivity contribution in [1.29, 1.82) is 0 Å². The van der Waals surface area contributed by atoms with E-state index >= 15 is 0 Å². The second-order valence-electron chi connectivity index (χ2n) is 5.38. The highest BCUT2D eigenvalue weighted by Crippen LogP contribution is 2.29. The Labute approximate surface area is 131 Å². The van der Waals surface area contributed by atoms with E-state index in [0.717, 1.165) is 29.4 Å². The first-order valence-corrected chi connectivity index (χ1v) is 8.16. The molecule has 112 valence electrons. The Hall–Kier alpha value is -1.39. The zero-order valence-corrected chi connectivity index (χ0v) is 14.0. The second-order valence-corrected chi connectivity index (χ2v) is 6.39. The summed E-state index contributed by atoms with van der Waals surface area (Å²) in [5, 5.41) is 0.813. The van der Waals surface area contributed by atoms with Gasteiger partial charge in [-0.2, -0.15) is 0 Å². The van der Waals surface area contributed by atoms with Crippen LogP contribution in [0.3, 0.4) is 0 Å². The van der Waals surface area contributed by atoms with E-state index in [0.29, 0.717) is 0 Å². The summed E-state index contributed by atoms with van der Waals surface area (Å²) in [6, 6.07) is 8.59. The van der Waals surface area contributed by atoms with Gasteiger partial charge in [0.2, 0.25) is 0 Å². The van der Waals surface area contributed by atoms with Gasteiger partial charge >= 0.3 is 0 Å². The lowest BCUT2D eigenvalue weighted by molar-refractivity contribution is 0.641. The molecular weight excluding hydrogens is 278 g/mol. The van der Waals surface area contributed by atoms with Crippen molar-refractivity contribution in [2.45, 2.75) is 56.6 Å². The Morgan fingerprint density at radius 3 is 2.33 bits per heavy atom. The molecule has 1 aromatic heterocycles. The van der Waals surface area contributed by atoms with Crippen molar-refractivity contribution in [1.82, 2.24) is 9.97 Å². The number of hydrogen-bond donors (Lipinski definition) is 1. The number of nitrogens with two attached hydrogens (primary N) is 1. The Kier molecular flexibility index (Phi) is 5.37. The summed E-state index contributed by atoms with van der Waals surface area (Å²) >= 11 is 1.63. The summed E-state index contributed by atoms with van der Waals surface area (Å²) in [7, 11) is 0. The first kappa shape index (κ1) is 16.0. The molecule has 1 heterocycles. The van der Waals surface area contributed by atoms with E-state index in [2.05, 4.69) is 48.1 Å². The summed E-state index contributed by atoms with van der Waals surface area (Å²) in [4.78, 5) is 10.4. The van der Waals surface area contributed by atoms with Gasteiger partial charge in [0.1, 0.15) is 0 Å². The molecule has 0 aliphatic carbocycles. The first-order chi connectivity index (χ1) is 10.0. The highest BCUT2D eigenvalue weighted by atomic mass is 32.2. The first-order valence-electron chi connectivity index (χ1n) is 7.34. The van der Waals surface area contributed by atoms with Gasteiger partial charge < -0.3 is 5.73 Å². The summed E-state index contributed by atoms with van der Waals surface area (Å²) in [6.45, 7) is 8.25. The van der Waals surface area contributed by atoms with Gasteiger partial charge in [-0.05, 0) is 62.6 Å². The van der Waals surface area contributed by atoms with Gasteiger partial charge in [0, 0.05) is 22.3 Å². The largest absolute Gasteiger partial charge is 0.327 e. The molecule has 2 N–H and O–H groups in total. The average Bonchev–Trinajstić information content (AvgIpc) is 2.46. The summed E-state index contributed by atoms with van der Waals surface area (Å²) in [6.07, 6.45) is 1.88. The molecule has 0 radical (unpaired) electrons. The lowest BCUT2D eigenvalue weighted by atomic mass is 10.1. The molecule has 0 amide bonds. The Balaban J connectivity index is 2.27. The Morgan fingerprint density at radius 2 is 1.71 bits per heavy atom. The lowest BCUT2D eigenvalue weighted by Gasteiger charge is -2.13. The zero-order valence-electron chi connectivity index (χ0n) is 13.2. The molecule has 0 saturated carbocycles. The van der Waals surface area contributed by atoms with Crippen LogP contribution in [0.4, 0.5) is 0 Å². The van der Waals surface area contributed by atoms with Crippen molar-refractivity contribution >= 4 is 11.8 Å². The highest BCUT2D eigenvalue weighted by molar-refractivity contribution is 7.99. The molecule has 0 fully saturated rings. The van der Waals surface area contributed by atoms with Crippen LogP contribution in [-0.4, -0.2) is 16.0 Å². The van der Waals surface area contributed by atoms with Crippen LogP contribution < -0.4 is 5.73 Å². The van der Waals surface area contributed by atoms with Crippen LogP contribution in [0.5, 0.6) is 0 Å². The van der Waals surface area contributed by atoms with Gasteiger partial charge in [-0.3, -0.25) is 0 Å². The van der Waals surface area contributed by atoms with Crippen molar-refractivity contribution in [2.24, 2.45) is 5.73 Å². The van der Waals surface area contributed by atoms with Gasteiger partial charge in [0.25, 0.3) is 0 Å². The monoisotopic (exact) mass is 301 g/mol. The van der Waals surface area contributed by atoms with E-state index < -0.39 is 0 Å². The average molecular weight is 301 g/mol. The third-order valence-electron chi connectivity index (χ3n) is 3.79. The minimum atomic E-state index is 0.203. The van der Waals surface area contributed by atoms with Crippen LogP contribution in [-0.2, 0) is 6.42 Å². The van der Waals surface area contributed by atoms with Gasteiger partial charge in [-0.15, -0.1) is 0 Å². The van der Waals surface area contributed by atoms with Crippen molar-refractivity contribution in [3.05, 3.63) is 46.8 Å². The molecule has 0 bridgehead atoms. The molecule has 0 saturated heterocycles. The molecule has 1 aromatic carbocycles. The number of aryl methyl sites for hydroxylation is 2. The summed E-state index contributed by atoms with van der Waals surface area (Å²) in [5.74, 6) is 0. The van der Waals surface area contributed by atoms with Gasteiger partial charge in [-0.1, -0.05) is 25.1 Å². The van der Waals surface area contributed by atoms with E-state index in [4.69, 9.17) is 5.73 Å². The van der Waals surface area contributed by atoms with Crippen molar-refractivity contribution in [2.75, 3.05) is 0 Å². The summed E-state index contributed by atoms with van der Waals surface area (Å²) < 4.78 is 0. The normalized spacial score (nSPS) is 12.4. The van der Waals surface area contributed by atoms with Crippen molar-refractivity contribution in [3.8, 4) is 0 Å². The number of rotatable bonds is 5. The fourth-order valence-corrected chi connectivity index (χ4v) is 3.08. The van der Waals surface area contributed by atoms with Gasteiger partial charge in [-0.25, -0.2) is 9.97 Å². The van der Waals surface area contributed by atoms with Crippen LogP contribution in [0, 0.1) is 20.8 Å². The van der Waals surface area contributed by atoms with Crippen LogP contribution in [0.15, 0.2) is 34.3 Å². The maximum Gasteiger partial charge on any atom is 0.192 e. The minimum absolute atomic E-state index is 0.203. The van der Waals surface area contributed by atoms with Crippen molar-refractivity contribution in [3.63, 3.8) is 0 Å². The maximum atomic E-state index is 6.09. The van der Waals surface area contributed by atoms with Crippen molar-refractivity contribution < 1.29 is 0 Å². The SMILES string of the molecule is CCC(N)Cc1ccccc1Sc1nc(C)c(C)c(C)n1. The van der Waals surface area contributed by atoms with Crippen LogP contribution in [0.1, 0.15) is 35.9 Å². The molecule has 2 rings (SSSR count). The third kappa shape index (κ3) is 4.05. The van der Waals surface area contributed by atoms with E-state index in [1.807, 2.05) is 13.8 Å². The molecule has 1 unspecified atom stereocenters. The molecule has 21 heavy (non-hydrogen) atoms. The molecule has 2 aromatic rings. The fourth-order valence-electron chi connectivity index (χ4n) is 2.08. The molecule has 0 aliphatic heterocycles. The topological polar surface area (TPSA) is 51.8 Å². The minimum Gasteiger partial charge on any atom is -0.327 e. The fraction of sp³-hybridized carbons (Fsp3) is 0.412. The quantitative estimate of drug-likeness (QED) is 0.853. The molecule has 3 nitrogen and oxygen atoms in total. The number of hydrogen-bond acceptors (Lipinski definition) is 4. The molecule has 1 atom stereocenters. The van der Waals surface area contributed by atoms with Crippen LogP contribution in [0.2, 0.25) is 0 Å². The molecule has 4 heteroatoms. The van der Waals surface area contributed by atoms with Gasteiger partial charge in [0.15, 0.2) is 5.16 Å². The maximum absolute atomic E-state index is 6.09. The molecule has 0 aliphatic rings. The number of aromatic nitrogens is 2. The zero-order chi connectivity index (χ0) is 15.4. The lowest BCUT2D eigenvalue weighted by Crippen LogP contribution is -2.21. The second kappa shape index (κ2) is 7.05. The molecular formula is C17H23N3S. The Morgan fingerprint density at radius 1 is 1.10 bits per heavy atom. The standard InChI is InChI=1S/C17H23N3S/c1-5-15(18)10-14-8-6-7-9-16(14)21-17-19-12(3)11(2)13(4)20-17/h6-9,15H,5,10,18H2,1-4H3. The Bertz CT molecular complexity index is 602. The smallest absolute Gasteiger partial charge is 0.192 e.